The molecule has 1 aliphatic heterocycles. The minimum atomic E-state index is -0.216. The van der Waals surface area contributed by atoms with Gasteiger partial charge in [-0.3, -0.25) is 9.78 Å². The zero-order chi connectivity index (χ0) is 13.2. The lowest BCUT2D eigenvalue weighted by molar-refractivity contribution is 0.0971. The van der Waals surface area contributed by atoms with Crippen LogP contribution in [0.15, 0.2) is 42.7 Å². The van der Waals surface area contributed by atoms with Gasteiger partial charge < -0.3 is 10.1 Å². The number of methoxy groups -OCH3 is 1. The number of carbonyl (C=O) groups is 1. The zero-order valence-electron chi connectivity index (χ0n) is 10.6. The van der Waals surface area contributed by atoms with Gasteiger partial charge in [0, 0.05) is 23.9 Å². The monoisotopic (exact) mass is 254 g/mol. The number of carbonyl (C=O) groups excluding carboxylic acids is 1. The molecule has 4 nitrogen and oxygen atoms in total. The van der Waals surface area contributed by atoms with E-state index in [1.54, 1.807) is 25.6 Å². The number of anilines is 1. The average Bonchev–Trinajstić information content (AvgIpc) is 2.90. The first kappa shape index (κ1) is 11.7. The second-order valence-corrected chi connectivity index (χ2v) is 4.54. The molecule has 1 unspecified atom stereocenters. The van der Waals surface area contributed by atoms with Gasteiger partial charge in [0.05, 0.1) is 19.3 Å². The molecule has 0 bridgehead atoms. The number of rotatable bonds is 3. The minimum absolute atomic E-state index is 0.0441. The number of nitrogens with zero attached hydrogens (tertiary/aromatic N) is 1. The maximum atomic E-state index is 12.4. The second-order valence-electron chi connectivity index (χ2n) is 4.54. The van der Waals surface area contributed by atoms with Crippen molar-refractivity contribution >= 4 is 11.5 Å². The van der Waals surface area contributed by atoms with Gasteiger partial charge in [-0.05, 0) is 17.7 Å². The number of ether oxygens (including phenoxy) is 1. The lowest BCUT2D eigenvalue weighted by Crippen LogP contribution is -2.27. The molecule has 0 radical (unpaired) electrons. The second kappa shape index (κ2) is 4.72. The largest absolute Gasteiger partial charge is 0.495 e. The summed E-state index contributed by atoms with van der Waals surface area (Å²) in [6, 6.07) is 9.49. The van der Waals surface area contributed by atoms with Gasteiger partial charge in [0.2, 0.25) is 0 Å². The fourth-order valence-corrected chi connectivity index (χ4v) is 2.32. The van der Waals surface area contributed by atoms with Crippen molar-refractivity contribution in [3.63, 3.8) is 0 Å². The Labute approximate surface area is 111 Å². The molecular formula is C15H14N2O2. The van der Waals surface area contributed by atoms with Gasteiger partial charge in [0.15, 0.2) is 5.78 Å². The van der Waals surface area contributed by atoms with E-state index in [1.807, 2.05) is 24.3 Å². The predicted octanol–water partition coefficient (Wildman–Crippen LogP) is 2.31. The Morgan fingerprint density at radius 3 is 3.00 bits per heavy atom. The third-order valence-electron chi connectivity index (χ3n) is 3.32. The van der Waals surface area contributed by atoms with Gasteiger partial charge >= 0.3 is 0 Å². The van der Waals surface area contributed by atoms with Crippen LogP contribution >= 0.6 is 0 Å². The summed E-state index contributed by atoms with van der Waals surface area (Å²) in [6.45, 7) is 0. The molecule has 1 N–H and O–H groups in total. The minimum Gasteiger partial charge on any atom is -0.495 e. The van der Waals surface area contributed by atoms with Gasteiger partial charge in [0.25, 0.3) is 0 Å². The van der Waals surface area contributed by atoms with Crippen molar-refractivity contribution in [2.24, 2.45) is 0 Å². The van der Waals surface area contributed by atoms with Crippen molar-refractivity contribution in [2.75, 3.05) is 12.4 Å². The highest BCUT2D eigenvalue weighted by Gasteiger charge is 2.27. The molecule has 19 heavy (non-hydrogen) atoms. The fraction of sp³-hybridized carbons (Fsp3) is 0.200. The number of hydrogen-bond acceptors (Lipinski definition) is 4. The van der Waals surface area contributed by atoms with Crippen molar-refractivity contribution in [1.82, 2.24) is 4.98 Å². The lowest BCUT2D eigenvalue weighted by Gasteiger charge is -2.10. The van der Waals surface area contributed by atoms with Crippen LogP contribution in [0.2, 0.25) is 0 Å². The summed E-state index contributed by atoms with van der Waals surface area (Å²) < 4.78 is 5.09. The maximum absolute atomic E-state index is 12.4. The summed E-state index contributed by atoms with van der Waals surface area (Å²) in [5.74, 6) is 0.643. The van der Waals surface area contributed by atoms with E-state index in [2.05, 4.69) is 10.3 Å². The molecule has 0 amide bonds. The predicted molar refractivity (Wildman–Crippen MR) is 72.7 cm³/mol. The van der Waals surface area contributed by atoms with E-state index in [4.69, 9.17) is 4.74 Å². The van der Waals surface area contributed by atoms with Crippen molar-refractivity contribution in [3.8, 4) is 5.75 Å². The Morgan fingerprint density at radius 2 is 2.21 bits per heavy atom. The number of benzene rings is 1. The highest BCUT2D eigenvalue weighted by atomic mass is 16.5. The first-order valence-corrected chi connectivity index (χ1v) is 6.15. The van der Waals surface area contributed by atoms with Crippen LogP contribution in [-0.2, 0) is 6.42 Å². The van der Waals surface area contributed by atoms with Crippen LogP contribution in [0.25, 0.3) is 0 Å². The lowest BCUT2D eigenvalue weighted by atomic mass is 10.0. The maximum Gasteiger partial charge on any atom is 0.187 e. The quantitative estimate of drug-likeness (QED) is 0.854. The van der Waals surface area contributed by atoms with E-state index in [0.29, 0.717) is 17.7 Å². The molecule has 3 rings (SSSR count). The Hall–Kier alpha value is -2.36. The van der Waals surface area contributed by atoms with E-state index in [9.17, 15) is 4.79 Å². The van der Waals surface area contributed by atoms with E-state index in [-0.39, 0.29) is 11.8 Å². The van der Waals surface area contributed by atoms with Gasteiger partial charge in [-0.1, -0.05) is 18.2 Å². The molecule has 1 atom stereocenters. The van der Waals surface area contributed by atoms with Crippen LogP contribution in [-0.4, -0.2) is 23.9 Å². The Bertz CT molecular complexity index is 600. The van der Waals surface area contributed by atoms with Crippen LogP contribution in [0.4, 0.5) is 5.69 Å². The fourth-order valence-electron chi connectivity index (χ4n) is 2.32. The number of ketones is 1. The molecule has 2 aromatic rings. The Morgan fingerprint density at radius 1 is 1.37 bits per heavy atom. The normalized spacial score (nSPS) is 16.6. The molecule has 0 saturated heterocycles. The number of fused-ring (bicyclic) bond motifs is 1. The zero-order valence-corrected chi connectivity index (χ0v) is 10.6. The summed E-state index contributed by atoms with van der Waals surface area (Å²) in [4.78, 5) is 16.4. The van der Waals surface area contributed by atoms with Gasteiger partial charge in [0.1, 0.15) is 5.75 Å². The molecule has 4 heteroatoms. The third kappa shape index (κ3) is 2.17. The number of hydrogen-bond donors (Lipinski definition) is 1. The SMILES string of the molecule is COc1cncc(C(=O)C2Cc3ccccc3N2)c1. The average molecular weight is 254 g/mol. The molecule has 1 aromatic heterocycles. The highest BCUT2D eigenvalue weighted by Crippen LogP contribution is 2.27. The van der Waals surface area contributed by atoms with Crippen LogP contribution in [0, 0.1) is 0 Å². The van der Waals surface area contributed by atoms with E-state index in [0.717, 1.165) is 5.69 Å². The molecular weight excluding hydrogens is 240 g/mol. The number of pyridine rings is 1. The van der Waals surface area contributed by atoms with Crippen molar-refractivity contribution in [3.05, 3.63) is 53.9 Å². The molecule has 0 saturated carbocycles. The number of nitrogens with one attached hydrogen (secondary N) is 1. The molecule has 1 aliphatic rings. The molecule has 96 valence electrons. The highest BCUT2D eigenvalue weighted by molar-refractivity contribution is 6.02. The van der Waals surface area contributed by atoms with Crippen molar-refractivity contribution in [2.45, 2.75) is 12.5 Å². The molecule has 1 aromatic carbocycles. The van der Waals surface area contributed by atoms with E-state index < -0.39 is 0 Å². The van der Waals surface area contributed by atoms with Crippen molar-refractivity contribution in [1.29, 1.82) is 0 Å². The number of para-hydroxylation sites is 1. The van der Waals surface area contributed by atoms with Crippen LogP contribution in [0.3, 0.4) is 0 Å². The van der Waals surface area contributed by atoms with Crippen molar-refractivity contribution < 1.29 is 9.53 Å². The Balaban J connectivity index is 1.83. The third-order valence-corrected chi connectivity index (χ3v) is 3.32. The standard InChI is InChI=1S/C15H14N2O2/c1-19-12-6-11(8-16-9-12)15(18)14-7-10-4-2-3-5-13(10)17-14/h2-6,8-9,14,17H,7H2,1H3. The summed E-state index contributed by atoms with van der Waals surface area (Å²) >= 11 is 0. The summed E-state index contributed by atoms with van der Waals surface area (Å²) in [7, 11) is 1.56. The number of Topliss-reactive ketones (excluding diaryl/α,β-unsaturated/α-hetero) is 1. The summed E-state index contributed by atoms with van der Waals surface area (Å²) in [6.07, 6.45) is 3.88. The van der Waals surface area contributed by atoms with E-state index >= 15 is 0 Å². The Kier molecular flexibility index (Phi) is 2.91. The van der Waals surface area contributed by atoms with Gasteiger partial charge in [-0.2, -0.15) is 0 Å². The molecule has 0 fully saturated rings. The van der Waals surface area contributed by atoms with E-state index in [1.165, 1.54) is 5.56 Å². The van der Waals surface area contributed by atoms with Crippen LogP contribution in [0.1, 0.15) is 15.9 Å². The first-order valence-electron chi connectivity index (χ1n) is 6.15. The van der Waals surface area contributed by atoms with Crippen LogP contribution in [0.5, 0.6) is 5.75 Å². The van der Waals surface area contributed by atoms with Gasteiger partial charge in [-0.25, -0.2) is 0 Å². The first-order chi connectivity index (χ1) is 9.28. The molecule has 0 aliphatic carbocycles. The molecule has 0 spiro atoms. The number of aromatic nitrogens is 1. The summed E-state index contributed by atoms with van der Waals surface area (Å²) in [5, 5.41) is 3.25. The van der Waals surface area contributed by atoms with Gasteiger partial charge in [-0.15, -0.1) is 0 Å². The van der Waals surface area contributed by atoms with Crippen LogP contribution < -0.4 is 10.1 Å². The topological polar surface area (TPSA) is 51.2 Å². The smallest absolute Gasteiger partial charge is 0.187 e. The molecule has 2 heterocycles. The summed E-state index contributed by atoms with van der Waals surface area (Å²) in [5.41, 5.74) is 2.79.